The van der Waals surface area contributed by atoms with E-state index in [4.69, 9.17) is 9.98 Å². The molecule has 2 nitrogen and oxygen atoms in total. The van der Waals surface area contributed by atoms with E-state index in [-0.39, 0.29) is 12.1 Å². The quantitative estimate of drug-likeness (QED) is 0.0746. The van der Waals surface area contributed by atoms with Crippen LogP contribution in [0.25, 0.3) is 0 Å². The van der Waals surface area contributed by atoms with Gasteiger partial charge in [0.15, 0.2) is 0 Å². The van der Waals surface area contributed by atoms with E-state index in [1.807, 2.05) is 0 Å². The van der Waals surface area contributed by atoms with E-state index in [1.165, 1.54) is 66.7 Å². The van der Waals surface area contributed by atoms with Crippen LogP contribution in [0, 0.1) is 0 Å². The Kier molecular flexibility index (Phi) is 15.0. The summed E-state index contributed by atoms with van der Waals surface area (Å²) in [7, 11) is -1.14. The average molecular weight is 879 g/mol. The first-order valence-electron chi connectivity index (χ1n) is 17.3. The predicted molar refractivity (Wildman–Crippen MR) is 232 cm³/mol. The maximum atomic E-state index is 5.31. The van der Waals surface area contributed by atoms with Crippen LogP contribution >= 0.6 is 44.3 Å². The number of hydrogen-bond donors (Lipinski definition) is 0. The third-order valence-corrected chi connectivity index (χ3v) is 14.8. The fourth-order valence-corrected chi connectivity index (χ4v) is 12.3. The molecule has 1 aliphatic rings. The zero-order valence-corrected chi connectivity index (χ0v) is 34.4. The van der Waals surface area contributed by atoms with Gasteiger partial charge < -0.3 is 0 Å². The molecule has 0 N–H and O–H groups in total. The summed E-state index contributed by atoms with van der Waals surface area (Å²) in [5.41, 5.74) is 2.44. The Balaban J connectivity index is 0.00000144. The predicted octanol–water partition coefficient (Wildman–Crippen LogP) is 9.21. The van der Waals surface area contributed by atoms with E-state index in [2.05, 4.69) is 211 Å². The number of rotatable bonds is 10. The van der Waals surface area contributed by atoms with Crippen molar-refractivity contribution >= 4 is 88.6 Å². The van der Waals surface area contributed by atoms with Crippen molar-refractivity contribution in [1.29, 1.82) is 0 Å². The first-order valence-corrected chi connectivity index (χ1v) is 25.2. The SMILES string of the molecule is C(=N[C@@H]1CCCC[C@H]1N=Cc1ccccc1[PH+](c1ccccc1)c1ccccc1)c1ccccc1[PH+](c1ccccc1)c1ccccc1.[Br][Ni][Br]. The molecule has 7 rings (SSSR count). The van der Waals surface area contributed by atoms with Gasteiger partial charge in [-0.25, -0.2) is 0 Å². The van der Waals surface area contributed by atoms with E-state index in [0.29, 0.717) is 0 Å². The van der Waals surface area contributed by atoms with Crippen LogP contribution in [0.3, 0.4) is 0 Å². The first-order chi connectivity index (χ1) is 25.3. The molecule has 0 amide bonds. The molecule has 260 valence electrons. The van der Waals surface area contributed by atoms with Gasteiger partial charge >= 0.3 is 39.3 Å². The third-order valence-electron chi connectivity index (χ3n) is 9.21. The standard InChI is InChI=1S/C44H40N2P2.2BrH.Ni/c1-5-21-37(22-6-1)47(38-23-7-2-8-24-38)43-31-17-13-19-35(43)33-45-41-29-15-16-30-42(41)46-34-36-20-14-18-32-44(36)48(39-25-9-3-10-26-39)40-27-11-4-12-28-40;;;/h1-14,17-28,31-34,41-42H,15-16,29-30H2;2*1H;/q;;;+2/t41-,42-;;;/m1.../s1. The van der Waals surface area contributed by atoms with Crippen molar-refractivity contribution in [2.75, 3.05) is 0 Å². The summed E-state index contributed by atoms with van der Waals surface area (Å²) in [5.74, 6) is 0. The van der Waals surface area contributed by atoms with Gasteiger partial charge in [0.25, 0.3) is 0 Å². The topological polar surface area (TPSA) is 24.7 Å². The molecule has 0 spiro atoms. The summed E-state index contributed by atoms with van der Waals surface area (Å²) in [4.78, 5) is 10.6. The fourth-order valence-electron chi connectivity index (χ4n) is 6.84. The number of nitrogens with zero attached hydrogens (tertiary/aromatic N) is 2. The van der Waals surface area contributed by atoms with Crippen molar-refractivity contribution in [3.63, 3.8) is 0 Å². The average Bonchev–Trinajstić information content (AvgIpc) is 3.20. The zero-order chi connectivity index (χ0) is 35.1. The fraction of sp³-hybridized carbons (Fsp3) is 0.136. The van der Waals surface area contributed by atoms with Crippen molar-refractivity contribution in [3.8, 4) is 0 Å². The summed E-state index contributed by atoms with van der Waals surface area (Å²) < 4.78 is 0. The van der Waals surface area contributed by atoms with Gasteiger partial charge in [0.1, 0.15) is 31.8 Å². The summed E-state index contributed by atoms with van der Waals surface area (Å²) in [6.45, 7) is 0. The Morgan fingerprint density at radius 1 is 0.431 bits per heavy atom. The van der Waals surface area contributed by atoms with Crippen LogP contribution in [0.4, 0.5) is 0 Å². The molecule has 0 bridgehead atoms. The number of halogens is 2. The molecular formula is C44H42Br2N2NiP2+2. The van der Waals surface area contributed by atoms with Crippen LogP contribution in [-0.2, 0) is 10.9 Å². The minimum atomic E-state index is -1.19. The molecule has 6 aromatic rings. The molecule has 0 saturated heterocycles. The molecule has 51 heavy (non-hydrogen) atoms. The molecular weight excluding hydrogens is 837 g/mol. The van der Waals surface area contributed by atoms with Gasteiger partial charge in [-0.15, -0.1) is 0 Å². The van der Waals surface area contributed by atoms with Gasteiger partial charge in [0, 0.05) is 23.6 Å². The van der Waals surface area contributed by atoms with Crippen molar-refractivity contribution in [2.24, 2.45) is 9.98 Å². The molecule has 1 saturated carbocycles. The van der Waals surface area contributed by atoms with Crippen molar-refractivity contribution in [2.45, 2.75) is 37.8 Å². The summed E-state index contributed by atoms with van der Waals surface area (Å²) in [5, 5.41) is 8.32. The second kappa shape index (κ2) is 20.3. The van der Waals surface area contributed by atoms with Crippen LogP contribution in [0.5, 0.6) is 0 Å². The maximum absolute atomic E-state index is 5.31. The monoisotopic (exact) mass is 876 g/mol. The molecule has 2 atom stereocenters. The van der Waals surface area contributed by atoms with Crippen molar-refractivity contribution < 1.29 is 10.9 Å². The summed E-state index contributed by atoms with van der Waals surface area (Å²) >= 11 is 6.00. The molecule has 6 aromatic carbocycles. The third kappa shape index (κ3) is 10.3. The molecule has 0 radical (unpaired) electrons. The van der Waals surface area contributed by atoms with Crippen LogP contribution < -0.4 is 31.8 Å². The Morgan fingerprint density at radius 3 is 1.02 bits per heavy atom. The van der Waals surface area contributed by atoms with Gasteiger partial charge in [0.05, 0.1) is 27.9 Å². The van der Waals surface area contributed by atoms with Gasteiger partial charge in [-0.3, -0.25) is 9.98 Å². The molecule has 0 unspecified atom stereocenters. The Labute approximate surface area is 325 Å². The van der Waals surface area contributed by atoms with Gasteiger partial charge in [-0.05, 0) is 85.6 Å². The Bertz CT molecular complexity index is 1760. The van der Waals surface area contributed by atoms with Crippen LogP contribution in [-0.4, -0.2) is 24.5 Å². The molecule has 7 heteroatoms. The van der Waals surface area contributed by atoms with E-state index >= 15 is 0 Å². The van der Waals surface area contributed by atoms with E-state index in [9.17, 15) is 0 Å². The number of benzene rings is 6. The van der Waals surface area contributed by atoms with Crippen molar-refractivity contribution in [1.82, 2.24) is 0 Å². The van der Waals surface area contributed by atoms with Crippen LogP contribution in [0.2, 0.25) is 0 Å². The summed E-state index contributed by atoms with van der Waals surface area (Å²) in [6, 6.07) is 62.0. The molecule has 0 heterocycles. The second-order valence-corrected chi connectivity index (χ2v) is 22.3. The number of aliphatic imine (C=N–C) groups is 2. The minimum absolute atomic E-state index is 0.173. The van der Waals surface area contributed by atoms with Crippen LogP contribution in [0.15, 0.2) is 180 Å². The second-order valence-electron chi connectivity index (χ2n) is 12.4. The van der Waals surface area contributed by atoms with Gasteiger partial charge in [-0.2, -0.15) is 0 Å². The normalized spacial score (nSPS) is 16.1. The summed E-state index contributed by atoms with van der Waals surface area (Å²) in [6.07, 6.45) is 8.85. The van der Waals surface area contributed by atoms with E-state index < -0.39 is 15.8 Å². The Morgan fingerprint density at radius 2 is 0.706 bits per heavy atom. The van der Waals surface area contributed by atoms with Crippen molar-refractivity contribution in [3.05, 3.63) is 181 Å². The van der Waals surface area contributed by atoms with E-state index in [0.717, 1.165) is 12.8 Å². The first kappa shape index (κ1) is 37.7. The van der Waals surface area contributed by atoms with E-state index in [1.54, 1.807) is 0 Å². The molecule has 0 aromatic heterocycles. The van der Waals surface area contributed by atoms with Crippen LogP contribution in [0.1, 0.15) is 36.8 Å². The zero-order valence-electron chi connectivity index (χ0n) is 28.3. The molecule has 0 aliphatic heterocycles. The van der Waals surface area contributed by atoms with Gasteiger partial charge in [0.2, 0.25) is 0 Å². The molecule has 1 aliphatic carbocycles. The number of hydrogen-bond acceptors (Lipinski definition) is 2. The van der Waals surface area contributed by atoms with Gasteiger partial charge in [-0.1, -0.05) is 110 Å². The Hall–Kier alpha value is -3.03. The molecule has 1 fully saturated rings.